The summed E-state index contributed by atoms with van der Waals surface area (Å²) in [5.41, 5.74) is 2.98. The van der Waals surface area contributed by atoms with Crippen LogP contribution in [-0.4, -0.2) is 25.0 Å². The summed E-state index contributed by atoms with van der Waals surface area (Å²) in [6.07, 6.45) is 18.7. The van der Waals surface area contributed by atoms with Crippen LogP contribution in [0.25, 0.3) is 0 Å². The van der Waals surface area contributed by atoms with Crippen molar-refractivity contribution in [3.63, 3.8) is 0 Å². The highest BCUT2D eigenvalue weighted by Gasteiger charge is 2.59. The smallest absolute Gasteiger partial charge is 0.0127 e. The molecule has 0 aromatic carbocycles. The molecular formula is C29H51N. The summed E-state index contributed by atoms with van der Waals surface area (Å²) in [5.74, 6) is 5.71. The molecule has 30 heavy (non-hydrogen) atoms. The second-order valence-corrected chi connectivity index (χ2v) is 13.1. The van der Waals surface area contributed by atoms with E-state index in [9.17, 15) is 0 Å². The minimum absolute atomic E-state index is 0.512. The predicted octanol–water partition coefficient (Wildman–Crippen LogP) is 7.96. The van der Waals surface area contributed by atoms with E-state index in [0.717, 1.165) is 41.5 Å². The SMILES string of the molecule is CC(C)CCC[C@@H](C)[C@H]1CC[C@H]2[C@@H]3CC=C4CC(N(C)C)CC[C@]4(C)[C@H]3CC[C@]12C. The van der Waals surface area contributed by atoms with E-state index in [1.54, 1.807) is 0 Å². The Morgan fingerprint density at radius 3 is 2.43 bits per heavy atom. The molecule has 8 atom stereocenters. The summed E-state index contributed by atoms with van der Waals surface area (Å²) in [6.45, 7) is 12.8. The van der Waals surface area contributed by atoms with Crippen molar-refractivity contribution in [2.24, 2.45) is 46.3 Å². The van der Waals surface area contributed by atoms with Gasteiger partial charge in [-0.1, -0.05) is 65.5 Å². The number of hydrogen-bond acceptors (Lipinski definition) is 1. The van der Waals surface area contributed by atoms with Gasteiger partial charge in [0.05, 0.1) is 0 Å². The van der Waals surface area contributed by atoms with E-state index in [1.807, 2.05) is 5.57 Å². The molecule has 0 spiro atoms. The summed E-state index contributed by atoms with van der Waals surface area (Å²) in [7, 11) is 4.57. The number of nitrogens with zero attached hydrogens (tertiary/aromatic N) is 1. The number of rotatable bonds is 6. The van der Waals surface area contributed by atoms with Crippen LogP contribution in [0.3, 0.4) is 0 Å². The standard InChI is InChI=1S/C29H51N/c1-20(2)9-8-10-21(3)25-13-14-26-24-12-11-22-19-23(30(6)7)15-17-28(22,4)27(24)16-18-29(25,26)5/h11,20-21,23-27H,8-10,12-19H2,1-7H3/t21-,23?,24+,25-,26+,27+,28+,29-/m1/s1. The second kappa shape index (κ2) is 8.57. The molecule has 0 radical (unpaired) electrons. The van der Waals surface area contributed by atoms with Crippen molar-refractivity contribution in [3.05, 3.63) is 11.6 Å². The fourth-order valence-corrected chi connectivity index (χ4v) is 9.11. The van der Waals surface area contributed by atoms with Gasteiger partial charge in [0.2, 0.25) is 0 Å². The molecule has 3 fully saturated rings. The number of hydrogen-bond donors (Lipinski definition) is 0. The third-order valence-electron chi connectivity index (χ3n) is 11.0. The van der Waals surface area contributed by atoms with Crippen LogP contribution in [0.2, 0.25) is 0 Å². The molecule has 0 N–H and O–H groups in total. The second-order valence-electron chi connectivity index (χ2n) is 13.1. The van der Waals surface area contributed by atoms with Gasteiger partial charge in [-0.3, -0.25) is 0 Å². The van der Waals surface area contributed by atoms with Gasteiger partial charge in [0.1, 0.15) is 0 Å². The van der Waals surface area contributed by atoms with Crippen molar-refractivity contribution in [1.82, 2.24) is 4.90 Å². The molecule has 4 rings (SSSR count). The van der Waals surface area contributed by atoms with Gasteiger partial charge in [-0.15, -0.1) is 0 Å². The molecular weight excluding hydrogens is 362 g/mol. The lowest BCUT2D eigenvalue weighted by atomic mass is 9.47. The highest BCUT2D eigenvalue weighted by molar-refractivity contribution is 5.26. The molecule has 1 nitrogen and oxygen atoms in total. The molecule has 4 aliphatic carbocycles. The molecule has 4 aliphatic rings. The highest BCUT2D eigenvalue weighted by Crippen LogP contribution is 2.67. The maximum atomic E-state index is 2.75. The van der Waals surface area contributed by atoms with Gasteiger partial charge in [0.15, 0.2) is 0 Å². The summed E-state index contributed by atoms with van der Waals surface area (Å²) in [5, 5.41) is 0. The van der Waals surface area contributed by atoms with Crippen LogP contribution in [0.1, 0.15) is 105 Å². The Morgan fingerprint density at radius 1 is 0.967 bits per heavy atom. The van der Waals surface area contributed by atoms with Crippen molar-refractivity contribution >= 4 is 0 Å². The first kappa shape index (κ1) is 22.9. The fourth-order valence-electron chi connectivity index (χ4n) is 9.11. The van der Waals surface area contributed by atoms with Crippen LogP contribution in [0.15, 0.2) is 11.6 Å². The van der Waals surface area contributed by atoms with Crippen LogP contribution in [0.5, 0.6) is 0 Å². The highest BCUT2D eigenvalue weighted by atomic mass is 15.1. The first-order valence-electron chi connectivity index (χ1n) is 13.5. The molecule has 0 aromatic heterocycles. The summed E-state index contributed by atoms with van der Waals surface area (Å²) < 4.78 is 0. The van der Waals surface area contributed by atoms with Crippen molar-refractivity contribution in [1.29, 1.82) is 0 Å². The van der Waals surface area contributed by atoms with E-state index in [2.05, 4.69) is 59.7 Å². The quantitative estimate of drug-likeness (QED) is 0.399. The summed E-state index contributed by atoms with van der Waals surface area (Å²) >= 11 is 0. The molecule has 0 aromatic rings. The fraction of sp³-hybridized carbons (Fsp3) is 0.931. The molecule has 0 aliphatic heterocycles. The van der Waals surface area contributed by atoms with E-state index >= 15 is 0 Å². The molecule has 0 bridgehead atoms. The summed E-state index contributed by atoms with van der Waals surface area (Å²) in [4.78, 5) is 2.48. The third kappa shape index (κ3) is 3.84. The lowest BCUT2D eigenvalue weighted by Gasteiger charge is -2.59. The average Bonchev–Trinajstić information content (AvgIpc) is 3.04. The number of fused-ring (bicyclic) bond motifs is 5. The Kier molecular flexibility index (Phi) is 6.53. The van der Waals surface area contributed by atoms with Gasteiger partial charge >= 0.3 is 0 Å². The van der Waals surface area contributed by atoms with Gasteiger partial charge in [-0.2, -0.15) is 0 Å². The maximum Gasteiger partial charge on any atom is 0.0127 e. The van der Waals surface area contributed by atoms with Crippen LogP contribution in [-0.2, 0) is 0 Å². The molecule has 1 heteroatoms. The zero-order chi connectivity index (χ0) is 21.7. The minimum atomic E-state index is 0.512. The van der Waals surface area contributed by atoms with Crippen molar-refractivity contribution in [3.8, 4) is 0 Å². The Labute approximate surface area is 188 Å². The van der Waals surface area contributed by atoms with Crippen molar-refractivity contribution in [2.45, 2.75) is 111 Å². The zero-order valence-electron chi connectivity index (χ0n) is 21.3. The van der Waals surface area contributed by atoms with Crippen LogP contribution in [0, 0.1) is 46.3 Å². The van der Waals surface area contributed by atoms with Crippen molar-refractivity contribution in [2.75, 3.05) is 14.1 Å². The lowest BCUT2D eigenvalue weighted by Crippen LogP contribution is -2.51. The van der Waals surface area contributed by atoms with Crippen LogP contribution < -0.4 is 0 Å². The first-order valence-corrected chi connectivity index (χ1v) is 13.5. The molecule has 3 saturated carbocycles. The van der Waals surface area contributed by atoms with Gasteiger partial charge in [0, 0.05) is 6.04 Å². The Morgan fingerprint density at radius 2 is 1.73 bits per heavy atom. The van der Waals surface area contributed by atoms with E-state index in [0.29, 0.717) is 10.8 Å². The first-order chi connectivity index (χ1) is 14.2. The Bertz CT molecular complexity index is 632. The Hall–Kier alpha value is -0.300. The molecule has 0 saturated heterocycles. The van der Waals surface area contributed by atoms with E-state index < -0.39 is 0 Å². The van der Waals surface area contributed by atoms with E-state index in [-0.39, 0.29) is 0 Å². The summed E-state index contributed by atoms with van der Waals surface area (Å²) in [6, 6.07) is 0.775. The van der Waals surface area contributed by atoms with Crippen LogP contribution >= 0.6 is 0 Å². The van der Waals surface area contributed by atoms with Gasteiger partial charge in [-0.05, 0) is 112 Å². The van der Waals surface area contributed by atoms with Gasteiger partial charge < -0.3 is 4.90 Å². The minimum Gasteiger partial charge on any atom is -0.306 e. The lowest BCUT2D eigenvalue weighted by molar-refractivity contribution is -0.0535. The largest absolute Gasteiger partial charge is 0.306 e. The normalized spacial score (nSPS) is 44.4. The topological polar surface area (TPSA) is 3.24 Å². The average molecular weight is 414 g/mol. The van der Waals surface area contributed by atoms with Gasteiger partial charge in [0.25, 0.3) is 0 Å². The van der Waals surface area contributed by atoms with Crippen LogP contribution in [0.4, 0.5) is 0 Å². The zero-order valence-corrected chi connectivity index (χ0v) is 21.3. The molecule has 0 heterocycles. The monoisotopic (exact) mass is 413 g/mol. The van der Waals surface area contributed by atoms with E-state index in [4.69, 9.17) is 0 Å². The Balaban J connectivity index is 1.48. The molecule has 1 unspecified atom stereocenters. The molecule has 172 valence electrons. The predicted molar refractivity (Wildman–Crippen MR) is 131 cm³/mol. The number of allylic oxidation sites excluding steroid dienone is 1. The maximum absolute atomic E-state index is 2.75. The molecule has 0 amide bonds. The van der Waals surface area contributed by atoms with Gasteiger partial charge in [-0.25, -0.2) is 0 Å². The van der Waals surface area contributed by atoms with E-state index in [1.165, 1.54) is 70.6 Å². The third-order valence-corrected chi connectivity index (χ3v) is 11.0. The van der Waals surface area contributed by atoms with Crippen molar-refractivity contribution < 1.29 is 0 Å².